The average molecular weight is 386 g/mol. The van der Waals surface area contributed by atoms with Crippen LogP contribution in [0.4, 0.5) is 5.69 Å². The smallest absolute Gasteiger partial charge is 0.345 e. The van der Waals surface area contributed by atoms with Crippen molar-refractivity contribution in [1.29, 1.82) is 0 Å². The Morgan fingerprint density at radius 2 is 1.89 bits per heavy atom. The summed E-state index contributed by atoms with van der Waals surface area (Å²) in [5, 5.41) is 15.7. The number of nitro groups is 1. The molecule has 1 heterocycles. The van der Waals surface area contributed by atoms with Crippen LogP contribution in [-0.4, -0.2) is 16.5 Å². The highest BCUT2D eigenvalue weighted by molar-refractivity contribution is 6.30. The molecule has 1 amide bonds. The Morgan fingerprint density at radius 3 is 2.56 bits per heavy atom. The van der Waals surface area contributed by atoms with Crippen LogP contribution in [0.1, 0.15) is 22.8 Å². The summed E-state index contributed by atoms with van der Waals surface area (Å²) in [7, 11) is 0. The molecule has 0 spiro atoms. The number of nitro benzene ring substituents is 1. The van der Waals surface area contributed by atoms with E-state index in [1.165, 1.54) is 43.3 Å². The third-order valence-corrected chi connectivity index (χ3v) is 4.00. The van der Waals surface area contributed by atoms with E-state index >= 15 is 0 Å². The number of nitrogens with one attached hydrogen (secondary N) is 1. The maximum absolute atomic E-state index is 12.1. The lowest BCUT2D eigenvalue weighted by molar-refractivity contribution is -0.384. The molecule has 0 fully saturated rings. The first-order valence-corrected chi connectivity index (χ1v) is 8.06. The minimum absolute atomic E-state index is 0.0828. The molecule has 0 radical (unpaired) electrons. The van der Waals surface area contributed by atoms with Gasteiger partial charge in [0.25, 0.3) is 11.6 Å². The Kier molecular flexibility index (Phi) is 5.00. The lowest BCUT2D eigenvalue weighted by atomic mass is 10.1. The number of nitrogens with zero attached hydrogens (tertiary/aromatic N) is 2. The Bertz CT molecular complexity index is 1140. The van der Waals surface area contributed by atoms with Crippen molar-refractivity contribution < 1.29 is 14.1 Å². The molecule has 1 N–H and O–H groups in total. The van der Waals surface area contributed by atoms with Gasteiger partial charge in [0.05, 0.1) is 16.2 Å². The van der Waals surface area contributed by atoms with Gasteiger partial charge in [-0.1, -0.05) is 11.6 Å². The lowest BCUT2D eigenvalue weighted by Gasteiger charge is -2.04. The highest BCUT2D eigenvalue weighted by Gasteiger charge is 2.13. The molecular formula is C18H12ClN3O5. The van der Waals surface area contributed by atoms with Crippen LogP contribution in [0, 0.1) is 10.1 Å². The van der Waals surface area contributed by atoms with Gasteiger partial charge >= 0.3 is 5.63 Å². The van der Waals surface area contributed by atoms with Crippen molar-refractivity contribution in [2.45, 2.75) is 6.92 Å². The predicted molar refractivity (Wildman–Crippen MR) is 100 cm³/mol. The van der Waals surface area contributed by atoms with E-state index in [1.54, 1.807) is 12.1 Å². The van der Waals surface area contributed by atoms with E-state index in [1.807, 2.05) is 0 Å². The van der Waals surface area contributed by atoms with E-state index in [0.717, 1.165) is 0 Å². The van der Waals surface area contributed by atoms with Gasteiger partial charge in [-0.3, -0.25) is 14.9 Å². The molecule has 3 rings (SSSR count). The van der Waals surface area contributed by atoms with E-state index < -0.39 is 16.5 Å². The standard InChI is InChI=1S/C18H12ClN3O5/c1-10(20-21-17(23)11-2-4-13(19)5-3-11)15-9-12-8-14(22(25)26)6-7-16(12)27-18(15)24/h2-9H,1H3,(H,21,23). The third-order valence-electron chi connectivity index (χ3n) is 3.75. The first-order chi connectivity index (χ1) is 12.8. The van der Waals surface area contributed by atoms with Crippen molar-refractivity contribution in [1.82, 2.24) is 5.43 Å². The number of fused-ring (bicyclic) bond motifs is 1. The number of benzene rings is 2. The molecule has 0 aliphatic carbocycles. The normalized spacial score (nSPS) is 11.4. The monoisotopic (exact) mass is 385 g/mol. The molecule has 0 unspecified atom stereocenters. The van der Waals surface area contributed by atoms with E-state index in [9.17, 15) is 19.7 Å². The molecule has 1 aromatic heterocycles. The number of rotatable bonds is 4. The lowest BCUT2D eigenvalue weighted by Crippen LogP contribution is -2.21. The number of amides is 1. The van der Waals surface area contributed by atoms with Crippen molar-refractivity contribution in [3.05, 3.63) is 85.2 Å². The van der Waals surface area contributed by atoms with Crippen LogP contribution in [0.3, 0.4) is 0 Å². The van der Waals surface area contributed by atoms with Gasteiger partial charge in [-0.05, 0) is 43.3 Å². The fourth-order valence-corrected chi connectivity index (χ4v) is 2.46. The second kappa shape index (κ2) is 7.38. The summed E-state index contributed by atoms with van der Waals surface area (Å²) in [4.78, 5) is 34.6. The van der Waals surface area contributed by atoms with E-state index in [-0.39, 0.29) is 22.5 Å². The van der Waals surface area contributed by atoms with Gasteiger partial charge in [-0.15, -0.1) is 0 Å². The molecule has 2 aromatic carbocycles. The summed E-state index contributed by atoms with van der Waals surface area (Å²) < 4.78 is 5.17. The molecule has 136 valence electrons. The van der Waals surface area contributed by atoms with Crippen molar-refractivity contribution >= 4 is 39.9 Å². The molecule has 8 nitrogen and oxygen atoms in total. The number of hydrazone groups is 1. The first kappa shape index (κ1) is 18.3. The number of carbonyl (C=O) groups excluding carboxylic acids is 1. The van der Waals surface area contributed by atoms with Gasteiger partial charge in [0.1, 0.15) is 5.58 Å². The minimum Gasteiger partial charge on any atom is -0.422 e. The molecule has 0 atom stereocenters. The fourth-order valence-electron chi connectivity index (χ4n) is 2.34. The maximum Gasteiger partial charge on any atom is 0.345 e. The molecule has 27 heavy (non-hydrogen) atoms. The Morgan fingerprint density at radius 1 is 1.19 bits per heavy atom. The van der Waals surface area contributed by atoms with E-state index in [0.29, 0.717) is 16.0 Å². The largest absolute Gasteiger partial charge is 0.422 e. The number of hydrogen-bond acceptors (Lipinski definition) is 6. The minimum atomic E-state index is -0.668. The van der Waals surface area contributed by atoms with Crippen LogP contribution in [-0.2, 0) is 0 Å². The second-order valence-electron chi connectivity index (χ2n) is 5.57. The second-order valence-corrected chi connectivity index (χ2v) is 6.01. The summed E-state index contributed by atoms with van der Waals surface area (Å²) in [6, 6.07) is 11.5. The number of hydrogen-bond donors (Lipinski definition) is 1. The highest BCUT2D eigenvalue weighted by Crippen LogP contribution is 2.20. The van der Waals surface area contributed by atoms with E-state index in [4.69, 9.17) is 16.0 Å². The molecular weight excluding hydrogens is 374 g/mol. The first-order valence-electron chi connectivity index (χ1n) is 7.68. The van der Waals surface area contributed by atoms with Crippen molar-refractivity contribution in [2.24, 2.45) is 5.10 Å². The number of carbonyl (C=O) groups is 1. The van der Waals surface area contributed by atoms with Crippen LogP contribution in [0.25, 0.3) is 11.0 Å². The Hall–Kier alpha value is -3.52. The summed E-state index contributed by atoms with van der Waals surface area (Å²) >= 11 is 5.77. The predicted octanol–water partition coefficient (Wildman–Crippen LogP) is 3.51. The van der Waals surface area contributed by atoms with Gasteiger partial charge in [0, 0.05) is 28.1 Å². The molecule has 3 aromatic rings. The quantitative estimate of drug-likeness (QED) is 0.319. The van der Waals surface area contributed by atoms with Crippen molar-refractivity contribution in [2.75, 3.05) is 0 Å². The zero-order chi connectivity index (χ0) is 19.6. The van der Waals surface area contributed by atoms with Crippen LogP contribution in [0.2, 0.25) is 5.02 Å². The van der Waals surface area contributed by atoms with E-state index in [2.05, 4.69) is 10.5 Å². The molecule has 0 aliphatic rings. The fraction of sp³-hybridized carbons (Fsp3) is 0.0556. The van der Waals surface area contributed by atoms with Gasteiger partial charge < -0.3 is 4.42 Å². The highest BCUT2D eigenvalue weighted by atomic mass is 35.5. The summed E-state index contributed by atoms with van der Waals surface area (Å²) in [5.74, 6) is -0.480. The van der Waals surface area contributed by atoms with Crippen LogP contribution in [0.5, 0.6) is 0 Å². The van der Waals surface area contributed by atoms with Gasteiger partial charge in [0.15, 0.2) is 0 Å². The topological polar surface area (TPSA) is 115 Å². The SMILES string of the molecule is CC(=NNC(=O)c1ccc(Cl)cc1)c1cc2cc([N+](=O)[O-])ccc2oc1=O. The maximum atomic E-state index is 12.1. The third kappa shape index (κ3) is 4.01. The summed E-state index contributed by atoms with van der Waals surface area (Å²) in [6.45, 7) is 1.51. The number of non-ortho nitro benzene ring substituents is 1. The average Bonchev–Trinajstić information content (AvgIpc) is 2.65. The van der Waals surface area contributed by atoms with Crippen molar-refractivity contribution in [3.63, 3.8) is 0 Å². The molecule has 0 bridgehead atoms. The molecule has 0 saturated heterocycles. The van der Waals surface area contributed by atoms with Crippen molar-refractivity contribution in [3.8, 4) is 0 Å². The van der Waals surface area contributed by atoms with Crippen LogP contribution < -0.4 is 11.1 Å². The van der Waals surface area contributed by atoms with Gasteiger partial charge in [-0.2, -0.15) is 5.10 Å². The van der Waals surface area contributed by atoms with Crippen LogP contribution in [0.15, 0.2) is 62.8 Å². The molecule has 0 aliphatic heterocycles. The Balaban J connectivity index is 1.90. The molecule has 9 heteroatoms. The zero-order valence-corrected chi connectivity index (χ0v) is 14.7. The van der Waals surface area contributed by atoms with Crippen LogP contribution >= 0.6 is 11.6 Å². The molecule has 0 saturated carbocycles. The number of halogens is 1. The summed E-state index contributed by atoms with van der Waals surface area (Å²) in [5.41, 5.74) is 2.38. The summed E-state index contributed by atoms with van der Waals surface area (Å²) in [6.07, 6.45) is 0. The zero-order valence-electron chi connectivity index (χ0n) is 13.9. The van der Waals surface area contributed by atoms with Gasteiger partial charge in [-0.25, -0.2) is 10.2 Å². The van der Waals surface area contributed by atoms with Gasteiger partial charge in [0.2, 0.25) is 0 Å². The Labute approximate surface area is 157 Å².